The van der Waals surface area contributed by atoms with Gasteiger partial charge in [0.05, 0.1) is 12.2 Å². The number of hydrogen-bond donors (Lipinski definition) is 1. The van der Waals surface area contributed by atoms with Crippen LogP contribution in [-0.4, -0.2) is 25.5 Å². The summed E-state index contributed by atoms with van der Waals surface area (Å²) in [7, 11) is 0. The van der Waals surface area contributed by atoms with E-state index in [-0.39, 0.29) is 12.6 Å². The Morgan fingerprint density at radius 2 is 1.85 bits per heavy atom. The fourth-order valence-electron chi connectivity index (χ4n) is 2.62. The number of aryl methyl sites for hydroxylation is 3. The van der Waals surface area contributed by atoms with Gasteiger partial charge in [-0.25, -0.2) is 4.68 Å². The molecule has 0 bridgehead atoms. The molecule has 0 fully saturated rings. The van der Waals surface area contributed by atoms with Crippen LogP contribution in [0.5, 0.6) is 5.75 Å². The van der Waals surface area contributed by atoms with E-state index in [0.717, 1.165) is 28.4 Å². The summed E-state index contributed by atoms with van der Waals surface area (Å²) in [5, 5.41) is 12.1. The monoisotopic (exact) mass is 387 g/mol. The van der Waals surface area contributed by atoms with E-state index in [4.69, 9.17) is 16.3 Å². The first-order chi connectivity index (χ1) is 13.0. The maximum absolute atomic E-state index is 12.2. The predicted molar refractivity (Wildman–Crippen MR) is 103 cm³/mol. The summed E-state index contributed by atoms with van der Waals surface area (Å²) in [6.07, 6.45) is 3.59. The van der Waals surface area contributed by atoms with Gasteiger partial charge in [-0.05, 0) is 56.2 Å². The summed E-state index contributed by atoms with van der Waals surface area (Å²) < 4.78 is 9.13. The number of amides is 1. The average molecular weight is 388 g/mol. The van der Waals surface area contributed by atoms with Crippen LogP contribution in [0.1, 0.15) is 34.2 Å². The molecular weight excluding hydrogens is 366 g/mol. The van der Waals surface area contributed by atoms with E-state index in [1.165, 1.54) is 0 Å². The van der Waals surface area contributed by atoms with E-state index >= 15 is 0 Å². The van der Waals surface area contributed by atoms with Gasteiger partial charge in [0.15, 0.2) is 6.73 Å². The molecule has 0 radical (unpaired) electrons. The van der Waals surface area contributed by atoms with Crippen LogP contribution in [0.2, 0.25) is 5.02 Å². The molecule has 27 heavy (non-hydrogen) atoms. The number of ether oxygens (including phenoxy) is 1. The second kappa shape index (κ2) is 8.26. The number of carbonyl (C=O) groups excluding carboxylic acids is 1. The molecular formula is C19H22ClN5O2. The van der Waals surface area contributed by atoms with Crippen LogP contribution in [0.3, 0.4) is 0 Å². The van der Waals surface area contributed by atoms with Crippen molar-refractivity contribution in [3.63, 3.8) is 0 Å². The summed E-state index contributed by atoms with van der Waals surface area (Å²) in [5.41, 5.74) is 3.05. The third kappa shape index (κ3) is 4.68. The van der Waals surface area contributed by atoms with Gasteiger partial charge in [0.1, 0.15) is 11.4 Å². The molecule has 3 aromatic rings. The van der Waals surface area contributed by atoms with Crippen LogP contribution >= 0.6 is 11.6 Å². The molecule has 0 unspecified atom stereocenters. The highest BCUT2D eigenvalue weighted by atomic mass is 35.5. The molecule has 8 heteroatoms. The lowest BCUT2D eigenvalue weighted by Crippen LogP contribution is -2.24. The minimum Gasteiger partial charge on any atom is -0.471 e. The van der Waals surface area contributed by atoms with Gasteiger partial charge in [0, 0.05) is 24.0 Å². The van der Waals surface area contributed by atoms with Crippen LogP contribution in [0.15, 0.2) is 36.7 Å². The molecule has 0 saturated heterocycles. The van der Waals surface area contributed by atoms with Crippen molar-refractivity contribution in [2.75, 3.05) is 0 Å². The maximum Gasteiger partial charge on any atom is 0.272 e. The van der Waals surface area contributed by atoms with Crippen molar-refractivity contribution in [1.82, 2.24) is 24.9 Å². The number of nitrogens with zero attached hydrogens (tertiary/aromatic N) is 4. The Labute approximate surface area is 162 Å². The summed E-state index contributed by atoms with van der Waals surface area (Å²) in [6, 6.07) is 7.29. The lowest BCUT2D eigenvalue weighted by molar-refractivity contribution is 0.0943. The minimum atomic E-state index is -0.252. The Bertz CT molecular complexity index is 924. The zero-order chi connectivity index (χ0) is 19.4. The van der Waals surface area contributed by atoms with Crippen molar-refractivity contribution < 1.29 is 9.53 Å². The largest absolute Gasteiger partial charge is 0.471 e. The summed E-state index contributed by atoms with van der Waals surface area (Å²) in [6.45, 7) is 7.24. The smallest absolute Gasteiger partial charge is 0.272 e. The number of hydrogen-bond acceptors (Lipinski definition) is 4. The molecule has 7 nitrogen and oxygen atoms in total. The summed E-state index contributed by atoms with van der Waals surface area (Å²) in [4.78, 5) is 12.2. The number of carbonyl (C=O) groups is 1. The molecule has 0 aliphatic rings. The van der Waals surface area contributed by atoms with Gasteiger partial charge >= 0.3 is 0 Å². The maximum atomic E-state index is 12.2. The number of aromatic nitrogens is 4. The lowest BCUT2D eigenvalue weighted by Gasteiger charge is -2.10. The topological polar surface area (TPSA) is 74.0 Å². The van der Waals surface area contributed by atoms with Gasteiger partial charge in [0.2, 0.25) is 0 Å². The molecule has 0 saturated carbocycles. The SMILES string of the molecule is CCn1ccc(CNC(=O)c2ccn(COc3cc(C)c(Cl)c(C)c3)n2)n1. The fraction of sp³-hybridized carbons (Fsp3) is 0.316. The highest BCUT2D eigenvalue weighted by Gasteiger charge is 2.10. The molecule has 0 aliphatic carbocycles. The standard InChI is InChI=1S/C19H22ClN5O2/c1-4-24-7-5-15(22-24)11-21-19(26)17-6-8-25(23-17)12-27-16-9-13(2)18(20)14(3)10-16/h5-10H,4,11-12H2,1-3H3,(H,21,26). The normalized spacial score (nSPS) is 10.8. The number of rotatable bonds is 7. The Hall–Kier alpha value is -2.80. The number of benzene rings is 1. The van der Waals surface area contributed by atoms with E-state index in [1.807, 2.05) is 49.8 Å². The lowest BCUT2D eigenvalue weighted by atomic mass is 10.1. The molecule has 1 amide bonds. The Morgan fingerprint density at radius 1 is 1.15 bits per heavy atom. The van der Waals surface area contributed by atoms with Gasteiger partial charge in [-0.3, -0.25) is 9.48 Å². The first-order valence-electron chi connectivity index (χ1n) is 8.69. The van der Waals surface area contributed by atoms with Gasteiger partial charge < -0.3 is 10.1 Å². The van der Waals surface area contributed by atoms with Crippen molar-refractivity contribution in [3.05, 3.63) is 64.2 Å². The van der Waals surface area contributed by atoms with Crippen LogP contribution in [-0.2, 0) is 19.8 Å². The first kappa shape index (κ1) is 19.0. The highest BCUT2D eigenvalue weighted by Crippen LogP contribution is 2.25. The van der Waals surface area contributed by atoms with Crippen molar-refractivity contribution in [1.29, 1.82) is 0 Å². The van der Waals surface area contributed by atoms with Crippen LogP contribution < -0.4 is 10.1 Å². The quantitative estimate of drug-likeness (QED) is 0.674. The zero-order valence-corrected chi connectivity index (χ0v) is 16.3. The van der Waals surface area contributed by atoms with E-state index in [1.54, 1.807) is 16.9 Å². The van der Waals surface area contributed by atoms with Gasteiger partial charge in [-0.15, -0.1) is 0 Å². The predicted octanol–water partition coefficient (Wildman–Crippen LogP) is 3.34. The zero-order valence-electron chi connectivity index (χ0n) is 15.6. The second-order valence-corrected chi connectivity index (χ2v) is 6.61. The Kier molecular flexibility index (Phi) is 5.81. The van der Waals surface area contributed by atoms with Crippen molar-refractivity contribution in [3.8, 4) is 5.75 Å². The van der Waals surface area contributed by atoms with E-state index < -0.39 is 0 Å². The molecule has 2 aromatic heterocycles. The summed E-state index contributed by atoms with van der Waals surface area (Å²) >= 11 is 6.17. The van der Waals surface area contributed by atoms with Crippen molar-refractivity contribution in [2.24, 2.45) is 0 Å². The molecule has 0 atom stereocenters. The molecule has 3 rings (SSSR count). The Balaban J connectivity index is 1.55. The third-order valence-electron chi connectivity index (χ3n) is 4.10. The molecule has 1 aromatic carbocycles. The van der Waals surface area contributed by atoms with Crippen molar-refractivity contribution in [2.45, 2.75) is 40.6 Å². The van der Waals surface area contributed by atoms with E-state index in [0.29, 0.717) is 18.0 Å². The van der Waals surface area contributed by atoms with Gasteiger partial charge in [-0.2, -0.15) is 10.2 Å². The molecule has 1 N–H and O–H groups in total. The van der Waals surface area contributed by atoms with Crippen LogP contribution in [0, 0.1) is 13.8 Å². The van der Waals surface area contributed by atoms with E-state index in [2.05, 4.69) is 15.5 Å². The minimum absolute atomic E-state index is 0.203. The molecule has 142 valence electrons. The number of nitrogens with one attached hydrogen (secondary N) is 1. The van der Waals surface area contributed by atoms with Crippen molar-refractivity contribution >= 4 is 17.5 Å². The van der Waals surface area contributed by atoms with Gasteiger partial charge in [0.25, 0.3) is 5.91 Å². The molecule has 2 heterocycles. The fourth-order valence-corrected chi connectivity index (χ4v) is 2.73. The molecule has 0 spiro atoms. The van der Waals surface area contributed by atoms with Crippen LogP contribution in [0.25, 0.3) is 0 Å². The third-order valence-corrected chi connectivity index (χ3v) is 4.69. The highest BCUT2D eigenvalue weighted by molar-refractivity contribution is 6.32. The first-order valence-corrected chi connectivity index (χ1v) is 9.07. The van der Waals surface area contributed by atoms with Crippen LogP contribution in [0.4, 0.5) is 0 Å². The second-order valence-electron chi connectivity index (χ2n) is 6.23. The van der Waals surface area contributed by atoms with E-state index in [9.17, 15) is 4.79 Å². The van der Waals surface area contributed by atoms with Gasteiger partial charge in [-0.1, -0.05) is 11.6 Å². The number of halogens is 1. The molecule has 0 aliphatic heterocycles. The average Bonchev–Trinajstić information content (AvgIpc) is 3.31. The Morgan fingerprint density at radius 3 is 2.52 bits per heavy atom. The summed E-state index contributed by atoms with van der Waals surface area (Å²) in [5.74, 6) is 0.459.